The van der Waals surface area contributed by atoms with E-state index in [-0.39, 0.29) is 5.91 Å². The molecule has 2 nitrogen and oxygen atoms in total. The lowest BCUT2D eigenvalue weighted by Crippen LogP contribution is -2.27. The lowest BCUT2D eigenvalue weighted by molar-refractivity contribution is 0.0792. The molecule has 1 aromatic carbocycles. The van der Waals surface area contributed by atoms with Crippen molar-refractivity contribution >= 4 is 5.91 Å². The van der Waals surface area contributed by atoms with Crippen molar-refractivity contribution in [1.82, 2.24) is 4.90 Å². The van der Waals surface area contributed by atoms with Gasteiger partial charge in [-0.3, -0.25) is 4.79 Å². The van der Waals surface area contributed by atoms with Gasteiger partial charge in [0.05, 0.1) is 0 Å². The van der Waals surface area contributed by atoms with E-state index >= 15 is 0 Å². The smallest absolute Gasteiger partial charge is 0.253 e. The molecule has 94 valence electrons. The number of amides is 1. The number of aryl methyl sites for hydroxylation is 1. The Balaban J connectivity index is 0.000000686. The molecule has 17 heavy (non-hydrogen) atoms. The van der Waals surface area contributed by atoms with E-state index in [0.717, 1.165) is 37.9 Å². The van der Waals surface area contributed by atoms with E-state index in [1.807, 2.05) is 36.9 Å². The summed E-state index contributed by atoms with van der Waals surface area (Å²) < 4.78 is 0. The Morgan fingerprint density at radius 2 is 1.88 bits per heavy atom. The van der Waals surface area contributed by atoms with Crippen LogP contribution in [0.3, 0.4) is 0 Å². The zero-order valence-electron chi connectivity index (χ0n) is 11.2. The fourth-order valence-electron chi connectivity index (χ4n) is 2.03. The molecule has 2 heteroatoms. The van der Waals surface area contributed by atoms with Crippen molar-refractivity contribution in [3.05, 3.63) is 35.4 Å². The predicted molar refractivity (Wildman–Crippen MR) is 72.3 cm³/mol. The van der Waals surface area contributed by atoms with Crippen molar-refractivity contribution < 1.29 is 4.79 Å². The van der Waals surface area contributed by atoms with Crippen LogP contribution in [0.5, 0.6) is 0 Å². The van der Waals surface area contributed by atoms with E-state index in [4.69, 9.17) is 0 Å². The second-order valence-corrected chi connectivity index (χ2v) is 4.05. The Kier molecular flexibility index (Phi) is 5.75. The summed E-state index contributed by atoms with van der Waals surface area (Å²) in [6.07, 6.45) is 3.29. The van der Waals surface area contributed by atoms with Crippen LogP contribution in [0.15, 0.2) is 24.3 Å². The standard InChI is InChI=1S/C13H17NO.C2H6/c1-2-11-6-5-7-12(10-11)13(15)14-8-3-4-9-14;1-2/h5-7,10H,2-4,8-9H2,1H3;1-2H3. The third-order valence-corrected chi connectivity index (χ3v) is 2.98. The minimum atomic E-state index is 0.197. The largest absolute Gasteiger partial charge is 0.339 e. The average molecular weight is 233 g/mol. The van der Waals surface area contributed by atoms with Gasteiger partial charge in [0.25, 0.3) is 5.91 Å². The van der Waals surface area contributed by atoms with Gasteiger partial charge in [0.15, 0.2) is 0 Å². The molecule has 0 N–H and O–H groups in total. The zero-order chi connectivity index (χ0) is 12.7. The summed E-state index contributed by atoms with van der Waals surface area (Å²) >= 11 is 0. The minimum Gasteiger partial charge on any atom is -0.339 e. The fourth-order valence-corrected chi connectivity index (χ4v) is 2.03. The summed E-state index contributed by atoms with van der Waals surface area (Å²) in [6, 6.07) is 7.98. The third kappa shape index (κ3) is 3.58. The second kappa shape index (κ2) is 7.10. The van der Waals surface area contributed by atoms with E-state index in [0.29, 0.717) is 0 Å². The maximum atomic E-state index is 12.0. The fraction of sp³-hybridized carbons (Fsp3) is 0.533. The zero-order valence-corrected chi connectivity index (χ0v) is 11.2. The van der Waals surface area contributed by atoms with Crippen molar-refractivity contribution in [1.29, 1.82) is 0 Å². The molecule has 0 saturated carbocycles. The molecule has 0 aromatic heterocycles. The summed E-state index contributed by atoms with van der Waals surface area (Å²) in [5.41, 5.74) is 2.08. The van der Waals surface area contributed by atoms with Gasteiger partial charge in [-0.1, -0.05) is 32.9 Å². The van der Waals surface area contributed by atoms with E-state index in [9.17, 15) is 4.79 Å². The molecule has 0 bridgehead atoms. The minimum absolute atomic E-state index is 0.197. The SMILES string of the molecule is CC.CCc1cccc(C(=O)N2CCCC2)c1. The van der Waals surface area contributed by atoms with Gasteiger partial charge in [0, 0.05) is 18.7 Å². The summed E-state index contributed by atoms with van der Waals surface area (Å²) in [7, 11) is 0. The molecule has 1 saturated heterocycles. The number of hydrogen-bond acceptors (Lipinski definition) is 1. The van der Waals surface area contributed by atoms with Crippen molar-refractivity contribution in [2.75, 3.05) is 13.1 Å². The molecule has 0 atom stereocenters. The molecular weight excluding hydrogens is 210 g/mol. The summed E-state index contributed by atoms with van der Waals surface area (Å²) in [5.74, 6) is 0.197. The highest BCUT2D eigenvalue weighted by Gasteiger charge is 2.19. The van der Waals surface area contributed by atoms with Gasteiger partial charge in [-0.05, 0) is 37.0 Å². The quantitative estimate of drug-likeness (QED) is 0.765. The number of carbonyl (C=O) groups excluding carboxylic acids is 1. The van der Waals surface area contributed by atoms with E-state index in [1.165, 1.54) is 5.56 Å². The van der Waals surface area contributed by atoms with Crippen LogP contribution >= 0.6 is 0 Å². The first-order valence-electron chi connectivity index (χ1n) is 6.69. The molecule has 1 aromatic rings. The number of carbonyl (C=O) groups is 1. The van der Waals surface area contributed by atoms with Crippen LogP contribution in [-0.2, 0) is 6.42 Å². The molecule has 1 fully saturated rings. The Morgan fingerprint density at radius 1 is 1.24 bits per heavy atom. The Labute approximate surface area is 105 Å². The van der Waals surface area contributed by atoms with Crippen LogP contribution in [-0.4, -0.2) is 23.9 Å². The normalized spacial score (nSPS) is 14.2. The lowest BCUT2D eigenvalue weighted by atomic mass is 10.1. The van der Waals surface area contributed by atoms with Crippen LogP contribution in [0.25, 0.3) is 0 Å². The Morgan fingerprint density at radius 3 is 2.47 bits per heavy atom. The van der Waals surface area contributed by atoms with Gasteiger partial charge in [-0.15, -0.1) is 0 Å². The maximum Gasteiger partial charge on any atom is 0.253 e. The van der Waals surface area contributed by atoms with Crippen molar-refractivity contribution in [3.8, 4) is 0 Å². The number of hydrogen-bond donors (Lipinski definition) is 0. The van der Waals surface area contributed by atoms with Gasteiger partial charge in [-0.2, -0.15) is 0 Å². The molecule has 0 spiro atoms. The Hall–Kier alpha value is -1.31. The van der Waals surface area contributed by atoms with E-state index in [2.05, 4.69) is 13.0 Å². The van der Waals surface area contributed by atoms with Gasteiger partial charge in [0.2, 0.25) is 0 Å². The van der Waals surface area contributed by atoms with Crippen molar-refractivity contribution in [2.24, 2.45) is 0 Å². The van der Waals surface area contributed by atoms with Crippen molar-refractivity contribution in [3.63, 3.8) is 0 Å². The van der Waals surface area contributed by atoms with Gasteiger partial charge in [-0.25, -0.2) is 0 Å². The number of benzene rings is 1. The van der Waals surface area contributed by atoms with Crippen LogP contribution in [0.2, 0.25) is 0 Å². The molecule has 0 aliphatic carbocycles. The molecular formula is C15H23NO. The number of nitrogens with zero attached hydrogens (tertiary/aromatic N) is 1. The van der Waals surface area contributed by atoms with Crippen LogP contribution in [0.1, 0.15) is 49.5 Å². The highest BCUT2D eigenvalue weighted by Crippen LogP contribution is 2.14. The molecule has 2 rings (SSSR count). The number of rotatable bonds is 2. The number of likely N-dealkylation sites (tertiary alicyclic amines) is 1. The maximum absolute atomic E-state index is 12.0. The van der Waals surface area contributed by atoms with Gasteiger partial charge >= 0.3 is 0 Å². The first-order valence-corrected chi connectivity index (χ1v) is 6.69. The van der Waals surface area contributed by atoms with Crippen LogP contribution in [0.4, 0.5) is 0 Å². The second-order valence-electron chi connectivity index (χ2n) is 4.05. The van der Waals surface area contributed by atoms with E-state index in [1.54, 1.807) is 0 Å². The first-order chi connectivity index (χ1) is 8.31. The Bertz CT molecular complexity index is 354. The topological polar surface area (TPSA) is 20.3 Å². The monoisotopic (exact) mass is 233 g/mol. The van der Waals surface area contributed by atoms with Gasteiger partial charge < -0.3 is 4.90 Å². The summed E-state index contributed by atoms with van der Waals surface area (Å²) in [4.78, 5) is 14.0. The highest BCUT2D eigenvalue weighted by molar-refractivity contribution is 5.94. The van der Waals surface area contributed by atoms with Gasteiger partial charge in [0.1, 0.15) is 0 Å². The van der Waals surface area contributed by atoms with E-state index < -0.39 is 0 Å². The lowest BCUT2D eigenvalue weighted by Gasteiger charge is -2.15. The van der Waals surface area contributed by atoms with Crippen LogP contribution in [0, 0.1) is 0 Å². The predicted octanol–water partition coefficient (Wildman–Crippen LogP) is 3.51. The molecule has 1 heterocycles. The highest BCUT2D eigenvalue weighted by atomic mass is 16.2. The molecule has 1 aliphatic rings. The third-order valence-electron chi connectivity index (χ3n) is 2.98. The molecule has 0 unspecified atom stereocenters. The first kappa shape index (κ1) is 13.8. The summed E-state index contributed by atoms with van der Waals surface area (Å²) in [6.45, 7) is 7.96. The molecule has 0 radical (unpaired) electrons. The van der Waals surface area contributed by atoms with Crippen molar-refractivity contribution in [2.45, 2.75) is 40.0 Å². The average Bonchev–Trinajstić information content (AvgIpc) is 2.94. The molecule has 1 amide bonds. The molecule has 1 aliphatic heterocycles. The summed E-state index contributed by atoms with van der Waals surface area (Å²) in [5, 5.41) is 0. The van der Waals surface area contributed by atoms with Crippen LogP contribution < -0.4 is 0 Å².